The van der Waals surface area contributed by atoms with Crippen LogP contribution in [-0.2, 0) is 33.2 Å². The van der Waals surface area contributed by atoms with Gasteiger partial charge >= 0.3 is 7.48 Å². The Labute approximate surface area is 319 Å². The number of ether oxygens (including phenoxy) is 4. The van der Waals surface area contributed by atoms with E-state index in [0.29, 0.717) is 38.6 Å². The molecule has 1 aliphatic carbocycles. The molecule has 0 aromatic carbocycles. The van der Waals surface area contributed by atoms with Crippen molar-refractivity contribution in [2.24, 2.45) is 29.6 Å². The van der Waals surface area contributed by atoms with E-state index >= 15 is 0 Å². The second-order valence-corrected chi connectivity index (χ2v) is 16.9. The predicted molar refractivity (Wildman–Crippen MR) is 204 cm³/mol. The number of methoxy groups -OCH3 is 3. The van der Waals surface area contributed by atoms with Gasteiger partial charge in [0.1, 0.15) is 11.9 Å². The number of ketones is 1. The predicted octanol–water partition coefficient (Wildman–Crippen LogP) is 4.95. The van der Waals surface area contributed by atoms with Crippen LogP contribution >= 0.6 is 0 Å². The molecule has 301 valence electrons. The van der Waals surface area contributed by atoms with Crippen molar-refractivity contribution in [2.75, 3.05) is 27.9 Å². The lowest BCUT2D eigenvalue weighted by Gasteiger charge is -2.48. The molecule has 14 unspecified atom stereocenters. The first-order chi connectivity index (χ1) is 25.1. The summed E-state index contributed by atoms with van der Waals surface area (Å²) in [4.78, 5) is 29.5. The summed E-state index contributed by atoms with van der Waals surface area (Å²) in [6, 6.07) is 0. The molecule has 53 heavy (non-hydrogen) atoms. The lowest BCUT2D eigenvalue weighted by molar-refractivity contribution is -0.321. The molecule has 11 nitrogen and oxygen atoms in total. The number of aliphatic hydroxyl groups excluding tert-OH is 2. The number of Topliss-reactive ketones (excluding diaryl/α,β-unsaturated/α-hetero) is 1. The molecule has 4 aliphatic rings. The van der Waals surface area contributed by atoms with E-state index in [4.69, 9.17) is 23.6 Å². The average molecular weight is 747 g/mol. The van der Waals surface area contributed by atoms with Gasteiger partial charge in [0.05, 0.1) is 43.0 Å². The molecule has 14 atom stereocenters. The smallest absolute Gasteiger partial charge is 0.317 e. The van der Waals surface area contributed by atoms with E-state index in [-0.39, 0.29) is 66.4 Å². The number of allylic oxidation sites excluding steroid dienone is 3. The third-order valence-corrected chi connectivity index (χ3v) is 12.6. The van der Waals surface area contributed by atoms with Crippen LogP contribution in [0.25, 0.3) is 0 Å². The lowest BCUT2D eigenvalue weighted by Crippen LogP contribution is -2.59. The van der Waals surface area contributed by atoms with Gasteiger partial charge in [-0.25, -0.2) is 0 Å². The fraction of sp³-hybridized carbons (Fsp3) is 0.854. The van der Waals surface area contributed by atoms with E-state index in [2.05, 4.69) is 13.0 Å². The quantitative estimate of drug-likeness (QED) is 0.261. The SMILES string of the molecule is COC1CC(/C=C(\C)C2O[B]C3CCCCN3C(=O)CC3(O)OC(C(OC)CC(C)C/C(C)=C/C(C)C(=O)CC(O)C2C)C(OC)CC3C)CCC1O. The van der Waals surface area contributed by atoms with Gasteiger partial charge < -0.3 is 43.8 Å². The summed E-state index contributed by atoms with van der Waals surface area (Å²) in [5, 5.41) is 34.0. The van der Waals surface area contributed by atoms with Gasteiger partial charge in [-0.05, 0) is 82.6 Å². The van der Waals surface area contributed by atoms with Crippen LogP contribution < -0.4 is 0 Å². The summed E-state index contributed by atoms with van der Waals surface area (Å²) in [7, 11) is 6.63. The number of amides is 1. The van der Waals surface area contributed by atoms with Crippen LogP contribution in [0.15, 0.2) is 23.3 Å². The Kier molecular flexibility index (Phi) is 16.6. The second kappa shape index (κ2) is 20.0. The fourth-order valence-electron chi connectivity index (χ4n) is 9.18. The van der Waals surface area contributed by atoms with Crippen LogP contribution in [-0.4, -0.2) is 122 Å². The minimum atomic E-state index is -1.71. The molecule has 1 saturated carbocycles. The molecule has 2 bridgehead atoms. The number of nitrogens with zero attached hydrogens (tertiary/aromatic N) is 1. The highest BCUT2D eigenvalue weighted by molar-refractivity contribution is 6.30. The number of rotatable bonds is 5. The molecule has 3 fully saturated rings. The Bertz CT molecular complexity index is 1260. The number of aliphatic hydroxyl groups is 3. The van der Waals surface area contributed by atoms with Crippen molar-refractivity contribution in [1.82, 2.24) is 4.90 Å². The Hall–Kier alpha value is -1.64. The van der Waals surface area contributed by atoms with Crippen molar-refractivity contribution < 1.29 is 48.5 Å². The first kappa shape index (κ1) is 44.1. The van der Waals surface area contributed by atoms with Crippen molar-refractivity contribution >= 4 is 19.2 Å². The maximum absolute atomic E-state index is 14.2. The van der Waals surface area contributed by atoms with Crippen LogP contribution in [0.2, 0.25) is 0 Å². The van der Waals surface area contributed by atoms with Crippen LogP contribution in [0.4, 0.5) is 0 Å². The lowest BCUT2D eigenvalue weighted by atomic mass is 9.77. The van der Waals surface area contributed by atoms with Gasteiger partial charge in [0.15, 0.2) is 5.79 Å². The van der Waals surface area contributed by atoms with Gasteiger partial charge in [0.2, 0.25) is 5.91 Å². The maximum Gasteiger partial charge on any atom is 0.317 e. The van der Waals surface area contributed by atoms with Crippen LogP contribution in [0, 0.1) is 29.6 Å². The van der Waals surface area contributed by atoms with E-state index in [1.165, 1.54) is 0 Å². The number of piperidine rings is 1. The molecule has 3 N–H and O–H groups in total. The summed E-state index contributed by atoms with van der Waals surface area (Å²) in [5.74, 6) is -3.17. The molecule has 12 heteroatoms. The third-order valence-electron chi connectivity index (χ3n) is 12.6. The summed E-state index contributed by atoms with van der Waals surface area (Å²) in [6.07, 6.45) is 6.81. The zero-order valence-corrected chi connectivity index (χ0v) is 33.9. The van der Waals surface area contributed by atoms with Crippen molar-refractivity contribution in [3.05, 3.63) is 23.3 Å². The van der Waals surface area contributed by atoms with Crippen LogP contribution in [0.3, 0.4) is 0 Å². The zero-order valence-electron chi connectivity index (χ0n) is 33.9. The number of hydrogen-bond donors (Lipinski definition) is 3. The molecular formula is C41H69BNO10. The van der Waals surface area contributed by atoms with Crippen molar-refractivity contribution in [3.8, 4) is 0 Å². The second-order valence-electron chi connectivity index (χ2n) is 16.9. The molecule has 2 saturated heterocycles. The first-order valence-electron chi connectivity index (χ1n) is 20.1. The van der Waals surface area contributed by atoms with E-state index in [1.54, 1.807) is 33.7 Å². The van der Waals surface area contributed by atoms with Gasteiger partial charge in [0, 0.05) is 58.0 Å². The minimum absolute atomic E-state index is 0.00976. The van der Waals surface area contributed by atoms with E-state index in [9.17, 15) is 24.9 Å². The van der Waals surface area contributed by atoms with E-state index in [1.807, 2.05) is 40.7 Å². The normalized spacial score (nSPS) is 43.2. The summed E-state index contributed by atoms with van der Waals surface area (Å²) >= 11 is 0. The Morgan fingerprint density at radius 3 is 2.28 bits per heavy atom. The largest absolute Gasteiger partial charge is 0.431 e. The average Bonchev–Trinajstić information content (AvgIpc) is 3.11. The van der Waals surface area contributed by atoms with Gasteiger partial charge in [-0.3, -0.25) is 9.59 Å². The highest BCUT2D eigenvalue weighted by atomic mass is 16.7. The van der Waals surface area contributed by atoms with Gasteiger partial charge in [0.25, 0.3) is 0 Å². The molecule has 3 heterocycles. The summed E-state index contributed by atoms with van der Waals surface area (Å²) < 4.78 is 30.6. The molecule has 3 aliphatic heterocycles. The minimum Gasteiger partial charge on any atom is -0.431 e. The standard InChI is InChI=1S/C41H69BNO10/c1-24-16-25(2)18-35(50-8)40-36(51-9)20-28(5)41(48,52-40)23-38(47)43-15-11-10-12-37(43)42-53-39(29(6)33(46)22-32(45)26(3)17-24)27(4)19-30-13-14-31(44)34(21-30)49-7/h17,19,25-26,28-31,33-37,39-40,44,46,48H,10-16,18,20-23H2,1-9H3/b24-17+,27-19+. The number of fused-ring (bicyclic) bond motifs is 3. The summed E-state index contributed by atoms with van der Waals surface area (Å²) in [5.41, 5.74) is 2.00. The van der Waals surface area contributed by atoms with Crippen LogP contribution in [0.5, 0.6) is 0 Å². The molecule has 1 amide bonds. The first-order valence-corrected chi connectivity index (χ1v) is 20.1. The molecule has 1 radical (unpaired) electrons. The van der Waals surface area contributed by atoms with Gasteiger partial charge in [-0.15, -0.1) is 0 Å². The molecule has 0 aromatic rings. The molecule has 0 spiro atoms. The Morgan fingerprint density at radius 1 is 0.925 bits per heavy atom. The topological polar surface area (TPSA) is 144 Å². The highest BCUT2D eigenvalue weighted by Gasteiger charge is 2.51. The molecule has 4 rings (SSSR count). The van der Waals surface area contributed by atoms with Crippen molar-refractivity contribution in [3.63, 3.8) is 0 Å². The highest BCUT2D eigenvalue weighted by Crippen LogP contribution is 2.40. The number of carbonyl (C=O) groups excluding carboxylic acids is 2. The van der Waals surface area contributed by atoms with Gasteiger partial charge in [-0.1, -0.05) is 51.8 Å². The monoisotopic (exact) mass is 747 g/mol. The van der Waals surface area contributed by atoms with Gasteiger partial charge in [-0.2, -0.15) is 0 Å². The molecule has 0 aromatic heterocycles. The van der Waals surface area contributed by atoms with Crippen molar-refractivity contribution in [2.45, 2.75) is 167 Å². The van der Waals surface area contributed by atoms with Crippen molar-refractivity contribution in [1.29, 1.82) is 0 Å². The van der Waals surface area contributed by atoms with Crippen LogP contribution in [0.1, 0.15) is 112 Å². The summed E-state index contributed by atoms with van der Waals surface area (Å²) in [6.45, 7) is 12.4. The Balaban J connectivity index is 1.67. The zero-order chi connectivity index (χ0) is 39.0. The van der Waals surface area contributed by atoms with E-state index in [0.717, 1.165) is 36.8 Å². The fourth-order valence-corrected chi connectivity index (χ4v) is 9.18. The maximum atomic E-state index is 14.2. The third kappa shape index (κ3) is 11.5. The number of carbonyl (C=O) groups is 2. The molecular weight excluding hydrogens is 677 g/mol. The van der Waals surface area contributed by atoms with E-state index < -0.39 is 42.2 Å². The number of hydrogen-bond acceptors (Lipinski definition) is 10. The Morgan fingerprint density at radius 2 is 1.60 bits per heavy atom.